The van der Waals surface area contributed by atoms with Crippen molar-refractivity contribution in [2.45, 2.75) is 45.1 Å². The Morgan fingerprint density at radius 2 is 1.85 bits per heavy atom. The number of carbonyl (C=O) groups excluding carboxylic acids is 3. The van der Waals surface area contributed by atoms with E-state index in [1.54, 1.807) is 11.8 Å². The van der Waals surface area contributed by atoms with Crippen molar-refractivity contribution in [3.8, 4) is 16.2 Å². The van der Waals surface area contributed by atoms with Crippen molar-refractivity contribution in [3.05, 3.63) is 22.4 Å². The van der Waals surface area contributed by atoms with Gasteiger partial charge in [-0.15, -0.1) is 22.7 Å². The number of amides is 1. The highest BCUT2D eigenvalue weighted by atomic mass is 32.1. The first-order valence-corrected chi connectivity index (χ1v) is 12.9. The monoisotopic (exact) mass is 505 g/mol. The highest BCUT2D eigenvalue weighted by Crippen LogP contribution is 2.50. The molecule has 1 aliphatic heterocycles. The normalized spacial score (nSPS) is 14.2. The molecular formula is C24H27NO7S2. The summed E-state index contributed by atoms with van der Waals surface area (Å²) in [5, 5.41) is 2.68. The number of carbonyl (C=O) groups is 3. The second kappa shape index (κ2) is 10.6. The van der Waals surface area contributed by atoms with Crippen LogP contribution in [0.5, 0.6) is 5.75 Å². The summed E-state index contributed by atoms with van der Waals surface area (Å²) in [6.07, 6.45) is 4.90. The van der Waals surface area contributed by atoms with Crippen LogP contribution in [-0.2, 0) is 19.0 Å². The number of thiophene rings is 1. The molecule has 1 fully saturated rings. The van der Waals surface area contributed by atoms with Gasteiger partial charge in [-0.25, -0.2) is 14.4 Å². The van der Waals surface area contributed by atoms with Crippen molar-refractivity contribution >= 4 is 56.5 Å². The maximum absolute atomic E-state index is 12.7. The van der Waals surface area contributed by atoms with Crippen LogP contribution in [0.3, 0.4) is 0 Å². The molecule has 10 heteroatoms. The van der Waals surface area contributed by atoms with E-state index in [0.717, 1.165) is 51.9 Å². The van der Waals surface area contributed by atoms with E-state index in [2.05, 4.69) is 0 Å². The third-order valence-corrected chi connectivity index (χ3v) is 8.00. The number of methoxy groups -OCH3 is 2. The van der Waals surface area contributed by atoms with Crippen LogP contribution in [-0.4, -0.2) is 51.5 Å². The minimum absolute atomic E-state index is 0.108. The van der Waals surface area contributed by atoms with Crippen molar-refractivity contribution in [2.75, 3.05) is 32.3 Å². The minimum atomic E-state index is -0.524. The molecular weight excluding hydrogens is 478 g/mol. The molecule has 2 heterocycles. The van der Waals surface area contributed by atoms with Crippen molar-refractivity contribution in [1.29, 1.82) is 0 Å². The fourth-order valence-electron chi connectivity index (χ4n) is 4.38. The van der Waals surface area contributed by atoms with Gasteiger partial charge in [-0.2, -0.15) is 0 Å². The molecule has 0 N–H and O–H groups in total. The molecule has 1 saturated carbocycles. The van der Waals surface area contributed by atoms with Gasteiger partial charge in [0.15, 0.2) is 17.2 Å². The summed E-state index contributed by atoms with van der Waals surface area (Å²) in [4.78, 5) is 39.9. The third-order valence-electron chi connectivity index (χ3n) is 5.87. The number of hydrogen-bond acceptors (Lipinski definition) is 9. The van der Waals surface area contributed by atoms with Gasteiger partial charge < -0.3 is 18.9 Å². The van der Waals surface area contributed by atoms with Crippen LogP contribution in [0, 0.1) is 0 Å². The number of fused-ring (bicyclic) bond motifs is 3. The van der Waals surface area contributed by atoms with Crippen LogP contribution in [0.25, 0.3) is 20.5 Å². The average Bonchev–Trinajstić information content (AvgIpc) is 3.38. The molecule has 0 unspecified atom stereocenters. The Bertz CT molecular complexity index is 1160. The van der Waals surface area contributed by atoms with E-state index >= 15 is 0 Å². The molecule has 8 nitrogen and oxygen atoms in total. The fraction of sp³-hybridized carbons (Fsp3) is 0.458. The minimum Gasteiger partial charge on any atom is -0.479 e. The van der Waals surface area contributed by atoms with Crippen LogP contribution in [0.4, 0.5) is 10.5 Å². The highest BCUT2D eigenvalue weighted by molar-refractivity contribution is 7.22. The standard InChI is InChI=1S/C24H27NO7S2/c1-4-31-18(26)12-32-20-19-17(34-22(20)23(27)29-2)11-14-10-16(13-33-21(14)19)25(24(28)30-3)15-8-6-5-7-9-15/h10-11,13,15H,4-9,12H2,1-3H3. The first kappa shape index (κ1) is 24.3. The number of nitrogens with zero attached hydrogens (tertiary/aromatic N) is 1. The lowest BCUT2D eigenvalue weighted by atomic mass is 9.94. The quantitative estimate of drug-likeness (QED) is 0.300. The molecule has 1 aromatic heterocycles. The molecule has 0 spiro atoms. The molecule has 2 aliphatic carbocycles. The molecule has 182 valence electrons. The van der Waals surface area contributed by atoms with Crippen LogP contribution in [0.1, 0.15) is 48.7 Å². The molecule has 0 atom stereocenters. The molecule has 3 aliphatic rings. The highest BCUT2D eigenvalue weighted by Gasteiger charge is 2.31. The average molecular weight is 506 g/mol. The Morgan fingerprint density at radius 1 is 1.09 bits per heavy atom. The first-order chi connectivity index (χ1) is 16.5. The molecule has 1 aromatic rings. The van der Waals surface area contributed by atoms with Gasteiger partial charge in [0.2, 0.25) is 0 Å². The molecule has 0 saturated heterocycles. The topological polar surface area (TPSA) is 91.4 Å². The zero-order valence-electron chi connectivity index (χ0n) is 19.4. The maximum atomic E-state index is 12.7. The lowest BCUT2D eigenvalue weighted by molar-refractivity contribution is -0.145. The van der Waals surface area contributed by atoms with E-state index < -0.39 is 11.9 Å². The first-order valence-electron chi connectivity index (χ1n) is 11.2. The number of ether oxygens (including phenoxy) is 4. The molecule has 0 aromatic carbocycles. The van der Waals surface area contributed by atoms with Crippen LogP contribution >= 0.6 is 22.7 Å². The van der Waals surface area contributed by atoms with Gasteiger partial charge in [0.05, 0.1) is 31.9 Å². The summed E-state index contributed by atoms with van der Waals surface area (Å²) in [6, 6.07) is 4.04. The van der Waals surface area contributed by atoms with E-state index in [-0.39, 0.29) is 25.3 Å². The van der Waals surface area contributed by atoms with Gasteiger partial charge >= 0.3 is 18.0 Å². The van der Waals surface area contributed by atoms with Crippen molar-refractivity contribution < 1.29 is 33.3 Å². The summed E-state index contributed by atoms with van der Waals surface area (Å²) >= 11 is 2.71. The second-order valence-electron chi connectivity index (χ2n) is 7.95. The lowest BCUT2D eigenvalue weighted by Gasteiger charge is -2.33. The maximum Gasteiger partial charge on any atom is 0.414 e. The zero-order chi connectivity index (χ0) is 24.2. The van der Waals surface area contributed by atoms with E-state index in [9.17, 15) is 14.4 Å². The Hall–Kier alpha value is -2.85. The predicted molar refractivity (Wildman–Crippen MR) is 132 cm³/mol. The number of hydrogen-bond donors (Lipinski definition) is 0. The summed E-state index contributed by atoms with van der Waals surface area (Å²) in [7, 11) is 2.71. The van der Waals surface area contributed by atoms with Crippen molar-refractivity contribution in [2.24, 2.45) is 0 Å². The number of esters is 2. The Labute approximate surface area is 205 Å². The summed E-state index contributed by atoms with van der Waals surface area (Å²) < 4.78 is 21.6. The van der Waals surface area contributed by atoms with E-state index in [0.29, 0.717) is 10.6 Å². The van der Waals surface area contributed by atoms with Gasteiger partial charge in [0, 0.05) is 21.0 Å². The van der Waals surface area contributed by atoms with Crippen molar-refractivity contribution in [1.82, 2.24) is 0 Å². The van der Waals surface area contributed by atoms with Gasteiger partial charge in [0.25, 0.3) is 0 Å². The van der Waals surface area contributed by atoms with E-state index in [1.165, 1.54) is 43.3 Å². The molecule has 1 amide bonds. The van der Waals surface area contributed by atoms with Crippen LogP contribution in [0.2, 0.25) is 0 Å². The Morgan fingerprint density at radius 3 is 2.53 bits per heavy atom. The Kier molecular flexibility index (Phi) is 7.57. The van der Waals surface area contributed by atoms with Gasteiger partial charge in [0.1, 0.15) is 0 Å². The molecule has 0 radical (unpaired) electrons. The molecule has 4 rings (SSSR count). The summed E-state index contributed by atoms with van der Waals surface area (Å²) in [5.74, 6) is -0.722. The van der Waals surface area contributed by atoms with Crippen LogP contribution in [0.15, 0.2) is 17.5 Å². The molecule has 34 heavy (non-hydrogen) atoms. The van der Waals surface area contributed by atoms with Crippen LogP contribution < -0.4 is 9.64 Å². The Balaban J connectivity index is 1.75. The van der Waals surface area contributed by atoms with E-state index in [4.69, 9.17) is 18.9 Å². The molecule has 0 bridgehead atoms. The largest absolute Gasteiger partial charge is 0.479 e. The number of anilines is 1. The lowest BCUT2D eigenvalue weighted by Crippen LogP contribution is -2.41. The number of rotatable bonds is 7. The third kappa shape index (κ3) is 4.69. The van der Waals surface area contributed by atoms with Gasteiger partial charge in [-0.05, 0) is 37.5 Å². The van der Waals surface area contributed by atoms with Gasteiger partial charge in [-0.1, -0.05) is 19.3 Å². The van der Waals surface area contributed by atoms with Gasteiger partial charge in [-0.3, -0.25) is 4.90 Å². The predicted octanol–water partition coefficient (Wildman–Crippen LogP) is 5.70. The smallest absolute Gasteiger partial charge is 0.414 e. The van der Waals surface area contributed by atoms with E-state index in [1.807, 2.05) is 17.5 Å². The fourth-order valence-corrected chi connectivity index (χ4v) is 6.56. The van der Waals surface area contributed by atoms with Crippen molar-refractivity contribution in [3.63, 3.8) is 0 Å². The SMILES string of the molecule is CCOC(=O)COc1c(C(=O)OC)sc2cc3cc(N(C(=O)OC)C4CCCCC4)csc-3c12. The summed E-state index contributed by atoms with van der Waals surface area (Å²) in [6.45, 7) is 1.65. The zero-order valence-corrected chi connectivity index (χ0v) is 21.0. The summed E-state index contributed by atoms with van der Waals surface area (Å²) in [5.41, 5.74) is 1.71. The second-order valence-corrected chi connectivity index (χ2v) is 9.88.